The van der Waals surface area contributed by atoms with Crippen LogP contribution in [0.2, 0.25) is 0 Å². The number of amides is 1. The first-order chi connectivity index (χ1) is 9.98. The highest BCUT2D eigenvalue weighted by atomic mass is 35.5. The molecule has 2 rings (SSSR count). The third-order valence-corrected chi connectivity index (χ3v) is 3.79. The third-order valence-electron chi connectivity index (χ3n) is 3.79. The molecule has 3 N–H and O–H groups in total. The van der Waals surface area contributed by atoms with Gasteiger partial charge in [0.05, 0.1) is 0 Å². The molecule has 7 heteroatoms. The van der Waals surface area contributed by atoms with Gasteiger partial charge in [-0.25, -0.2) is 0 Å². The molecule has 1 aromatic carbocycles. The first-order valence-corrected chi connectivity index (χ1v) is 7.10. The molecule has 1 aliphatic rings. The number of carbonyl (C=O) groups excluding carboxylic acids is 1. The van der Waals surface area contributed by atoms with Crippen LogP contribution >= 0.6 is 12.4 Å². The van der Waals surface area contributed by atoms with Gasteiger partial charge in [0.2, 0.25) is 0 Å². The number of benzene rings is 1. The SMILES string of the molecule is Cl.NC1(CNC(=O)c2ccc(OC(F)F)cc2)CCCCC1. The summed E-state index contributed by atoms with van der Waals surface area (Å²) in [6.07, 6.45) is 5.19. The minimum Gasteiger partial charge on any atom is -0.435 e. The van der Waals surface area contributed by atoms with Crippen molar-refractivity contribution in [2.75, 3.05) is 6.54 Å². The van der Waals surface area contributed by atoms with Crippen LogP contribution in [0.1, 0.15) is 42.5 Å². The average Bonchev–Trinajstić information content (AvgIpc) is 2.46. The molecule has 0 spiro atoms. The molecule has 0 aromatic heterocycles. The van der Waals surface area contributed by atoms with Gasteiger partial charge in [0.1, 0.15) is 5.75 Å². The molecule has 1 aromatic rings. The van der Waals surface area contributed by atoms with E-state index in [1.807, 2.05) is 0 Å². The fraction of sp³-hybridized carbons (Fsp3) is 0.533. The van der Waals surface area contributed by atoms with Crippen LogP contribution in [0.15, 0.2) is 24.3 Å². The highest BCUT2D eigenvalue weighted by molar-refractivity contribution is 5.94. The monoisotopic (exact) mass is 334 g/mol. The van der Waals surface area contributed by atoms with Crippen molar-refractivity contribution >= 4 is 18.3 Å². The van der Waals surface area contributed by atoms with Crippen LogP contribution in [0.25, 0.3) is 0 Å². The minimum absolute atomic E-state index is 0. The molecule has 1 aliphatic carbocycles. The first kappa shape index (κ1) is 18.6. The van der Waals surface area contributed by atoms with Crippen LogP contribution in [0.4, 0.5) is 8.78 Å². The van der Waals surface area contributed by atoms with Crippen molar-refractivity contribution in [1.29, 1.82) is 0 Å². The van der Waals surface area contributed by atoms with Crippen molar-refractivity contribution in [3.05, 3.63) is 29.8 Å². The molecule has 0 saturated heterocycles. The van der Waals surface area contributed by atoms with Gasteiger partial charge in [-0.05, 0) is 37.1 Å². The van der Waals surface area contributed by atoms with Crippen molar-refractivity contribution < 1.29 is 18.3 Å². The smallest absolute Gasteiger partial charge is 0.387 e. The van der Waals surface area contributed by atoms with E-state index in [4.69, 9.17) is 5.73 Å². The quantitative estimate of drug-likeness (QED) is 0.869. The number of nitrogens with two attached hydrogens (primary N) is 1. The molecular weight excluding hydrogens is 314 g/mol. The average molecular weight is 335 g/mol. The van der Waals surface area contributed by atoms with Gasteiger partial charge < -0.3 is 15.8 Å². The zero-order valence-electron chi connectivity index (χ0n) is 12.2. The summed E-state index contributed by atoms with van der Waals surface area (Å²) in [6, 6.07) is 5.61. The van der Waals surface area contributed by atoms with E-state index in [0.717, 1.165) is 25.7 Å². The molecule has 0 aliphatic heterocycles. The lowest BCUT2D eigenvalue weighted by Gasteiger charge is -2.33. The van der Waals surface area contributed by atoms with Crippen molar-refractivity contribution in [2.45, 2.75) is 44.3 Å². The predicted octanol–water partition coefficient (Wildman–Crippen LogP) is 3.10. The van der Waals surface area contributed by atoms with Gasteiger partial charge >= 0.3 is 6.61 Å². The van der Waals surface area contributed by atoms with Crippen LogP contribution in [-0.4, -0.2) is 24.6 Å². The molecule has 4 nitrogen and oxygen atoms in total. The highest BCUT2D eigenvalue weighted by Gasteiger charge is 2.27. The molecule has 0 radical (unpaired) electrons. The maximum Gasteiger partial charge on any atom is 0.387 e. The second-order valence-corrected chi connectivity index (χ2v) is 5.51. The van der Waals surface area contributed by atoms with Crippen molar-refractivity contribution in [1.82, 2.24) is 5.32 Å². The number of alkyl halides is 2. The van der Waals surface area contributed by atoms with Crippen molar-refractivity contribution in [2.24, 2.45) is 5.73 Å². The molecule has 22 heavy (non-hydrogen) atoms. The first-order valence-electron chi connectivity index (χ1n) is 7.10. The lowest BCUT2D eigenvalue weighted by Crippen LogP contribution is -2.51. The van der Waals surface area contributed by atoms with Gasteiger partial charge in [-0.15, -0.1) is 12.4 Å². The molecular formula is C15H21ClF2N2O2. The summed E-state index contributed by atoms with van der Waals surface area (Å²) in [5.74, 6) is -0.224. The molecule has 0 bridgehead atoms. The van der Waals surface area contributed by atoms with Gasteiger partial charge in [0.25, 0.3) is 5.91 Å². The van der Waals surface area contributed by atoms with Crippen molar-refractivity contribution in [3.63, 3.8) is 0 Å². The van der Waals surface area contributed by atoms with E-state index < -0.39 is 6.61 Å². The van der Waals surface area contributed by atoms with Gasteiger partial charge in [-0.2, -0.15) is 8.78 Å². The van der Waals surface area contributed by atoms with Gasteiger partial charge in [-0.3, -0.25) is 4.79 Å². The maximum absolute atomic E-state index is 12.0. The number of ether oxygens (including phenoxy) is 1. The number of carbonyl (C=O) groups is 1. The summed E-state index contributed by atoms with van der Waals surface area (Å²) >= 11 is 0. The fourth-order valence-corrected chi connectivity index (χ4v) is 2.58. The Labute approximate surface area is 134 Å². The van der Waals surface area contributed by atoms with Crippen LogP contribution in [0.3, 0.4) is 0 Å². The Hall–Kier alpha value is -1.40. The summed E-state index contributed by atoms with van der Waals surface area (Å²) in [7, 11) is 0. The van der Waals surface area contributed by atoms with Crippen LogP contribution in [-0.2, 0) is 0 Å². The summed E-state index contributed by atoms with van der Waals surface area (Å²) in [5.41, 5.74) is 6.32. The fourth-order valence-electron chi connectivity index (χ4n) is 2.58. The standard InChI is InChI=1S/C15H20F2N2O2.ClH/c16-14(17)21-12-6-4-11(5-7-12)13(20)19-10-15(18)8-2-1-3-9-15;/h4-7,14H,1-3,8-10,18H2,(H,19,20);1H. The summed E-state index contributed by atoms with van der Waals surface area (Å²) < 4.78 is 28.3. The van der Waals surface area contributed by atoms with E-state index in [2.05, 4.69) is 10.1 Å². The lowest BCUT2D eigenvalue weighted by atomic mass is 9.82. The number of hydrogen-bond donors (Lipinski definition) is 2. The second kappa shape index (κ2) is 8.29. The van der Waals surface area contributed by atoms with Gasteiger partial charge in [-0.1, -0.05) is 19.3 Å². The Balaban J connectivity index is 0.00000242. The van der Waals surface area contributed by atoms with Crippen LogP contribution in [0, 0.1) is 0 Å². The number of halogens is 3. The van der Waals surface area contributed by atoms with Crippen molar-refractivity contribution in [3.8, 4) is 5.75 Å². The topological polar surface area (TPSA) is 64.3 Å². The summed E-state index contributed by atoms with van der Waals surface area (Å²) in [6.45, 7) is -2.44. The minimum atomic E-state index is -2.87. The van der Waals surface area contributed by atoms with Crippen LogP contribution in [0.5, 0.6) is 5.75 Å². The van der Waals surface area contributed by atoms with E-state index >= 15 is 0 Å². The maximum atomic E-state index is 12.0. The molecule has 0 atom stereocenters. The van der Waals surface area contributed by atoms with E-state index in [-0.39, 0.29) is 29.6 Å². The lowest BCUT2D eigenvalue weighted by molar-refractivity contribution is -0.0498. The zero-order chi connectivity index (χ0) is 15.3. The number of nitrogens with one attached hydrogen (secondary N) is 1. The Morgan fingerprint density at radius 2 is 1.82 bits per heavy atom. The number of hydrogen-bond acceptors (Lipinski definition) is 3. The summed E-state index contributed by atoms with van der Waals surface area (Å²) in [4.78, 5) is 12.0. The molecule has 1 amide bonds. The normalized spacial score (nSPS) is 16.7. The van der Waals surface area contributed by atoms with E-state index in [1.165, 1.54) is 30.7 Å². The second-order valence-electron chi connectivity index (χ2n) is 5.51. The largest absolute Gasteiger partial charge is 0.435 e. The Bertz CT molecular complexity index is 477. The van der Waals surface area contributed by atoms with Gasteiger partial charge in [0, 0.05) is 17.6 Å². The molecule has 0 heterocycles. The molecule has 1 fully saturated rings. The Morgan fingerprint density at radius 3 is 2.36 bits per heavy atom. The summed E-state index contributed by atoms with van der Waals surface area (Å²) in [5, 5.41) is 2.82. The van der Waals surface area contributed by atoms with E-state index in [0.29, 0.717) is 12.1 Å². The molecule has 1 saturated carbocycles. The Morgan fingerprint density at radius 1 is 1.23 bits per heavy atom. The van der Waals surface area contributed by atoms with E-state index in [1.54, 1.807) is 0 Å². The zero-order valence-corrected chi connectivity index (χ0v) is 13.0. The predicted molar refractivity (Wildman–Crippen MR) is 82.7 cm³/mol. The molecule has 124 valence electrons. The van der Waals surface area contributed by atoms with E-state index in [9.17, 15) is 13.6 Å². The van der Waals surface area contributed by atoms with Crippen LogP contribution < -0.4 is 15.8 Å². The van der Waals surface area contributed by atoms with Gasteiger partial charge in [0.15, 0.2) is 0 Å². The number of rotatable bonds is 5. The highest BCUT2D eigenvalue weighted by Crippen LogP contribution is 2.25. The Kier molecular flexibility index (Phi) is 7.03. The molecule has 0 unspecified atom stereocenters. The third kappa shape index (κ3) is 5.42.